The van der Waals surface area contributed by atoms with Gasteiger partial charge in [0, 0.05) is 18.4 Å². The van der Waals surface area contributed by atoms with Gasteiger partial charge in [0.25, 0.3) is 0 Å². The van der Waals surface area contributed by atoms with Crippen LogP contribution in [-0.2, 0) is 4.79 Å². The highest BCUT2D eigenvalue weighted by atomic mass is 16.1. The first-order valence-electron chi connectivity index (χ1n) is 9.35. The van der Waals surface area contributed by atoms with Gasteiger partial charge in [0.2, 0.25) is 5.91 Å². The maximum Gasteiger partial charge on any atom is 0.223 e. The second kappa shape index (κ2) is 8.82. The third kappa shape index (κ3) is 4.70. The zero-order valence-corrected chi connectivity index (χ0v) is 14.7. The van der Waals surface area contributed by atoms with Crippen LogP contribution in [0.2, 0.25) is 0 Å². The van der Waals surface area contributed by atoms with Crippen LogP contribution in [0.1, 0.15) is 42.7 Å². The molecule has 1 aliphatic carbocycles. The van der Waals surface area contributed by atoms with E-state index in [1.807, 2.05) is 12.1 Å². The van der Waals surface area contributed by atoms with Crippen LogP contribution in [0.4, 0.5) is 0 Å². The maximum absolute atomic E-state index is 12.6. The second-order valence-corrected chi connectivity index (χ2v) is 7.07. The molecule has 2 aromatic rings. The molecular formula is C22H28N2O. The average molecular weight is 336 g/mol. The minimum absolute atomic E-state index is 0.148. The standard InChI is InChI=1S/C22H28N2O/c23-15-17-11-13-20(14-12-17)22(25)24-16-21(18-7-3-1-4-8-18)19-9-5-2-6-10-19/h1-10,17,20-21H,11-16,23H2,(H,24,25). The number of hydrogen-bond acceptors (Lipinski definition) is 2. The van der Waals surface area contributed by atoms with E-state index in [1.165, 1.54) is 11.1 Å². The van der Waals surface area contributed by atoms with Crippen molar-refractivity contribution in [2.45, 2.75) is 31.6 Å². The van der Waals surface area contributed by atoms with E-state index in [4.69, 9.17) is 5.73 Å². The molecule has 0 saturated heterocycles. The van der Waals surface area contributed by atoms with E-state index >= 15 is 0 Å². The number of benzene rings is 2. The first kappa shape index (κ1) is 17.7. The molecule has 0 heterocycles. The molecule has 0 spiro atoms. The fourth-order valence-corrected chi connectivity index (χ4v) is 3.81. The van der Waals surface area contributed by atoms with Crippen molar-refractivity contribution in [3.05, 3.63) is 71.8 Å². The van der Waals surface area contributed by atoms with Gasteiger partial charge < -0.3 is 11.1 Å². The van der Waals surface area contributed by atoms with E-state index in [-0.39, 0.29) is 17.7 Å². The molecule has 2 aromatic carbocycles. The summed E-state index contributed by atoms with van der Waals surface area (Å²) < 4.78 is 0. The smallest absolute Gasteiger partial charge is 0.223 e. The van der Waals surface area contributed by atoms with Gasteiger partial charge in [0.05, 0.1) is 0 Å². The number of rotatable bonds is 6. The van der Waals surface area contributed by atoms with E-state index in [0.29, 0.717) is 12.5 Å². The van der Waals surface area contributed by atoms with Gasteiger partial charge in [0.1, 0.15) is 0 Å². The van der Waals surface area contributed by atoms with Crippen LogP contribution in [0.15, 0.2) is 60.7 Å². The molecule has 1 fully saturated rings. The lowest BCUT2D eigenvalue weighted by atomic mass is 9.81. The van der Waals surface area contributed by atoms with Crippen LogP contribution >= 0.6 is 0 Å². The van der Waals surface area contributed by atoms with Crippen LogP contribution in [0, 0.1) is 11.8 Å². The summed E-state index contributed by atoms with van der Waals surface area (Å²) in [5.74, 6) is 1.14. The Labute approximate surface area is 150 Å². The molecule has 0 aromatic heterocycles. The van der Waals surface area contributed by atoms with Gasteiger partial charge in [-0.25, -0.2) is 0 Å². The number of amides is 1. The van der Waals surface area contributed by atoms with E-state index in [1.54, 1.807) is 0 Å². The van der Waals surface area contributed by atoms with Crippen molar-refractivity contribution in [2.24, 2.45) is 17.6 Å². The number of hydrogen-bond donors (Lipinski definition) is 2. The van der Waals surface area contributed by atoms with Crippen LogP contribution in [-0.4, -0.2) is 19.0 Å². The summed E-state index contributed by atoms with van der Waals surface area (Å²) in [6.07, 6.45) is 4.09. The van der Waals surface area contributed by atoms with Crippen molar-refractivity contribution in [1.29, 1.82) is 0 Å². The van der Waals surface area contributed by atoms with E-state index in [0.717, 1.165) is 32.2 Å². The quantitative estimate of drug-likeness (QED) is 0.845. The third-order valence-electron chi connectivity index (χ3n) is 5.44. The number of carbonyl (C=O) groups is 1. The minimum Gasteiger partial charge on any atom is -0.355 e. The lowest BCUT2D eigenvalue weighted by molar-refractivity contribution is -0.126. The van der Waals surface area contributed by atoms with Crippen molar-refractivity contribution < 1.29 is 4.79 Å². The molecule has 3 heteroatoms. The molecule has 3 rings (SSSR count). The molecule has 1 saturated carbocycles. The Morgan fingerprint density at radius 1 is 0.920 bits per heavy atom. The second-order valence-electron chi connectivity index (χ2n) is 7.07. The van der Waals surface area contributed by atoms with Gasteiger partial charge in [-0.05, 0) is 49.3 Å². The molecule has 1 amide bonds. The van der Waals surface area contributed by atoms with Gasteiger partial charge >= 0.3 is 0 Å². The van der Waals surface area contributed by atoms with Gasteiger partial charge in [-0.3, -0.25) is 4.79 Å². The van der Waals surface area contributed by atoms with Crippen LogP contribution in [0.5, 0.6) is 0 Å². The molecule has 0 radical (unpaired) electrons. The molecule has 25 heavy (non-hydrogen) atoms. The van der Waals surface area contributed by atoms with Gasteiger partial charge in [-0.2, -0.15) is 0 Å². The van der Waals surface area contributed by atoms with Crippen molar-refractivity contribution in [3.63, 3.8) is 0 Å². The Morgan fingerprint density at radius 2 is 1.44 bits per heavy atom. The zero-order valence-electron chi connectivity index (χ0n) is 14.7. The van der Waals surface area contributed by atoms with Gasteiger partial charge in [-0.1, -0.05) is 60.7 Å². The Morgan fingerprint density at radius 3 is 1.92 bits per heavy atom. The molecule has 0 atom stereocenters. The summed E-state index contributed by atoms with van der Waals surface area (Å²) >= 11 is 0. The Kier molecular flexibility index (Phi) is 6.24. The molecule has 0 aliphatic heterocycles. The molecule has 132 valence electrons. The monoisotopic (exact) mass is 336 g/mol. The average Bonchev–Trinajstić information content (AvgIpc) is 2.70. The molecule has 3 N–H and O–H groups in total. The highest BCUT2D eigenvalue weighted by Gasteiger charge is 2.26. The Hall–Kier alpha value is -2.13. The largest absolute Gasteiger partial charge is 0.355 e. The topological polar surface area (TPSA) is 55.1 Å². The summed E-state index contributed by atoms with van der Waals surface area (Å²) in [4.78, 5) is 12.6. The predicted molar refractivity (Wildman–Crippen MR) is 102 cm³/mol. The van der Waals surface area contributed by atoms with Crippen LogP contribution in [0.25, 0.3) is 0 Å². The fraction of sp³-hybridized carbons (Fsp3) is 0.409. The lowest BCUT2D eigenvalue weighted by Gasteiger charge is -2.27. The summed E-state index contributed by atoms with van der Waals surface area (Å²) in [7, 11) is 0. The van der Waals surface area contributed by atoms with Crippen molar-refractivity contribution in [1.82, 2.24) is 5.32 Å². The summed E-state index contributed by atoms with van der Waals surface area (Å²) in [6, 6.07) is 20.8. The molecule has 0 unspecified atom stereocenters. The first-order chi connectivity index (χ1) is 12.3. The number of carbonyl (C=O) groups excluding carboxylic acids is 1. The fourth-order valence-electron chi connectivity index (χ4n) is 3.81. The summed E-state index contributed by atoms with van der Waals surface area (Å²) in [6.45, 7) is 1.39. The minimum atomic E-state index is 0.148. The Balaban J connectivity index is 1.64. The van der Waals surface area contributed by atoms with Crippen LogP contribution in [0.3, 0.4) is 0 Å². The molecule has 0 bridgehead atoms. The lowest BCUT2D eigenvalue weighted by Crippen LogP contribution is -2.36. The van der Waals surface area contributed by atoms with E-state index in [2.05, 4.69) is 53.8 Å². The summed E-state index contributed by atoms with van der Waals surface area (Å²) in [5.41, 5.74) is 8.23. The number of nitrogens with one attached hydrogen (secondary N) is 1. The molecule has 3 nitrogen and oxygen atoms in total. The van der Waals surface area contributed by atoms with Crippen LogP contribution < -0.4 is 11.1 Å². The zero-order chi connectivity index (χ0) is 17.5. The van der Waals surface area contributed by atoms with Crippen molar-refractivity contribution in [2.75, 3.05) is 13.1 Å². The maximum atomic E-state index is 12.6. The number of nitrogens with two attached hydrogens (primary N) is 1. The highest BCUT2D eigenvalue weighted by Crippen LogP contribution is 2.29. The van der Waals surface area contributed by atoms with Crippen molar-refractivity contribution >= 4 is 5.91 Å². The Bertz CT molecular complexity index is 609. The van der Waals surface area contributed by atoms with Gasteiger partial charge in [0.15, 0.2) is 0 Å². The third-order valence-corrected chi connectivity index (χ3v) is 5.44. The summed E-state index contributed by atoms with van der Waals surface area (Å²) in [5, 5.41) is 3.21. The SMILES string of the molecule is NCC1CCC(C(=O)NCC(c2ccccc2)c2ccccc2)CC1. The van der Waals surface area contributed by atoms with E-state index in [9.17, 15) is 4.79 Å². The predicted octanol–water partition coefficient (Wildman–Crippen LogP) is 3.70. The van der Waals surface area contributed by atoms with Gasteiger partial charge in [-0.15, -0.1) is 0 Å². The van der Waals surface area contributed by atoms with E-state index < -0.39 is 0 Å². The molecular weight excluding hydrogens is 308 g/mol. The van der Waals surface area contributed by atoms with Crippen molar-refractivity contribution in [3.8, 4) is 0 Å². The first-order valence-corrected chi connectivity index (χ1v) is 9.35. The highest BCUT2D eigenvalue weighted by molar-refractivity contribution is 5.78. The normalized spacial score (nSPS) is 20.4. The molecule has 1 aliphatic rings.